The lowest BCUT2D eigenvalue weighted by molar-refractivity contribution is -0.141. The molecule has 6 nitrogen and oxygen atoms in total. The Morgan fingerprint density at radius 1 is 1.07 bits per heavy atom. The van der Waals surface area contributed by atoms with E-state index in [1.807, 2.05) is 6.07 Å². The normalized spacial score (nSPS) is 12.1. The molecule has 136 valence electrons. The molecule has 1 aromatic heterocycles. The number of rotatable bonds is 6. The zero-order valence-corrected chi connectivity index (χ0v) is 14.3. The summed E-state index contributed by atoms with van der Waals surface area (Å²) < 4.78 is 5.38. The highest BCUT2D eigenvalue weighted by molar-refractivity contribution is 5.94. The maximum atomic E-state index is 12.4. The summed E-state index contributed by atoms with van der Waals surface area (Å²) in [4.78, 5) is 35.9. The highest BCUT2D eigenvalue weighted by atomic mass is 16.4. The molecule has 0 saturated carbocycles. The van der Waals surface area contributed by atoms with Crippen LogP contribution in [0.5, 0.6) is 0 Å². The minimum Gasteiger partial charge on any atom is -0.480 e. The summed E-state index contributed by atoms with van der Waals surface area (Å²) in [7, 11) is 0. The minimum absolute atomic E-state index is 0.161. The van der Waals surface area contributed by atoms with Crippen LogP contribution in [0.25, 0.3) is 17.0 Å². The summed E-state index contributed by atoms with van der Waals surface area (Å²) in [6, 6.07) is 14.7. The van der Waals surface area contributed by atoms with Crippen LogP contribution in [0.4, 0.5) is 0 Å². The number of hydrogen-bond donors (Lipinski definition) is 2. The Morgan fingerprint density at radius 3 is 2.52 bits per heavy atom. The first-order valence-electron chi connectivity index (χ1n) is 8.30. The van der Waals surface area contributed by atoms with Gasteiger partial charge in [-0.3, -0.25) is 9.59 Å². The summed E-state index contributed by atoms with van der Waals surface area (Å²) in [5.41, 5.74) is 1.20. The fourth-order valence-electron chi connectivity index (χ4n) is 2.64. The molecule has 2 N–H and O–H groups in total. The van der Waals surface area contributed by atoms with Crippen LogP contribution in [0.1, 0.15) is 11.1 Å². The second-order valence-corrected chi connectivity index (χ2v) is 5.94. The second-order valence-electron chi connectivity index (χ2n) is 5.94. The molecule has 27 heavy (non-hydrogen) atoms. The quantitative estimate of drug-likeness (QED) is 0.656. The lowest BCUT2D eigenvalue weighted by Crippen LogP contribution is -2.41. The summed E-state index contributed by atoms with van der Waals surface area (Å²) in [6.07, 6.45) is 3.87. The maximum Gasteiger partial charge on any atom is 0.326 e. The molecule has 1 heterocycles. The van der Waals surface area contributed by atoms with E-state index >= 15 is 0 Å². The smallest absolute Gasteiger partial charge is 0.326 e. The van der Waals surface area contributed by atoms with Gasteiger partial charge in [0.15, 0.2) is 5.43 Å². The van der Waals surface area contributed by atoms with Gasteiger partial charge in [-0.2, -0.15) is 0 Å². The van der Waals surface area contributed by atoms with Gasteiger partial charge in [-0.05, 0) is 23.8 Å². The lowest BCUT2D eigenvalue weighted by atomic mass is 10.1. The van der Waals surface area contributed by atoms with E-state index < -0.39 is 17.9 Å². The number of carbonyl (C=O) groups is 2. The van der Waals surface area contributed by atoms with E-state index in [1.54, 1.807) is 48.5 Å². The van der Waals surface area contributed by atoms with E-state index in [0.717, 1.165) is 11.6 Å². The molecule has 0 radical (unpaired) electrons. The van der Waals surface area contributed by atoms with E-state index in [0.29, 0.717) is 11.0 Å². The third-order valence-corrected chi connectivity index (χ3v) is 4.02. The van der Waals surface area contributed by atoms with Crippen LogP contribution in [0.15, 0.2) is 76.1 Å². The van der Waals surface area contributed by atoms with Gasteiger partial charge >= 0.3 is 5.97 Å². The van der Waals surface area contributed by atoms with Gasteiger partial charge in [0, 0.05) is 12.5 Å². The van der Waals surface area contributed by atoms with Gasteiger partial charge in [0.25, 0.3) is 0 Å². The largest absolute Gasteiger partial charge is 0.480 e. The molecule has 0 bridgehead atoms. The van der Waals surface area contributed by atoms with Gasteiger partial charge in [-0.1, -0.05) is 42.5 Å². The Kier molecular flexibility index (Phi) is 5.47. The van der Waals surface area contributed by atoms with E-state index in [-0.39, 0.29) is 17.4 Å². The Bertz CT molecular complexity index is 1050. The van der Waals surface area contributed by atoms with E-state index in [9.17, 15) is 19.5 Å². The van der Waals surface area contributed by atoms with Gasteiger partial charge in [-0.15, -0.1) is 0 Å². The van der Waals surface area contributed by atoms with Crippen molar-refractivity contribution in [2.24, 2.45) is 0 Å². The third kappa shape index (κ3) is 4.49. The Labute approximate surface area is 154 Å². The molecule has 3 rings (SSSR count). The monoisotopic (exact) mass is 363 g/mol. The first kappa shape index (κ1) is 18.1. The molecule has 0 aliphatic heterocycles. The summed E-state index contributed by atoms with van der Waals surface area (Å²) in [5, 5.41) is 12.2. The molecule has 2 aromatic carbocycles. The summed E-state index contributed by atoms with van der Waals surface area (Å²) in [5.74, 6) is -1.74. The number of fused-ring (bicyclic) bond motifs is 1. The van der Waals surface area contributed by atoms with E-state index in [2.05, 4.69) is 5.32 Å². The number of para-hydroxylation sites is 1. The highest BCUT2D eigenvalue weighted by Gasteiger charge is 2.19. The van der Waals surface area contributed by atoms with Crippen molar-refractivity contribution in [3.8, 4) is 0 Å². The number of amides is 1. The fraction of sp³-hybridized carbons (Fsp3) is 0.0952. The Morgan fingerprint density at radius 2 is 1.78 bits per heavy atom. The maximum absolute atomic E-state index is 12.4. The molecule has 1 unspecified atom stereocenters. The molecule has 0 aliphatic carbocycles. The average Bonchev–Trinajstić information content (AvgIpc) is 2.68. The van der Waals surface area contributed by atoms with Crippen LogP contribution in [0.2, 0.25) is 0 Å². The summed E-state index contributed by atoms with van der Waals surface area (Å²) >= 11 is 0. The predicted octanol–water partition coefficient (Wildman–Crippen LogP) is 2.62. The minimum atomic E-state index is -1.13. The van der Waals surface area contributed by atoms with Crippen molar-refractivity contribution in [2.45, 2.75) is 12.5 Å². The molecule has 1 atom stereocenters. The molecular weight excluding hydrogens is 346 g/mol. The molecule has 0 fully saturated rings. The zero-order valence-electron chi connectivity index (χ0n) is 14.3. The number of aliphatic carboxylic acids is 1. The molecule has 1 amide bonds. The molecule has 0 aliphatic rings. The van der Waals surface area contributed by atoms with Crippen LogP contribution < -0.4 is 10.7 Å². The van der Waals surface area contributed by atoms with Gasteiger partial charge in [0.2, 0.25) is 5.91 Å². The van der Waals surface area contributed by atoms with Crippen molar-refractivity contribution in [2.75, 3.05) is 0 Å². The fourth-order valence-corrected chi connectivity index (χ4v) is 2.64. The van der Waals surface area contributed by atoms with E-state index in [1.165, 1.54) is 12.3 Å². The standard InChI is InChI=1S/C21H17NO5/c23-19(22-17(21(25)26)12-14-6-2-1-3-7-14)11-10-15-13-27-18-9-5-4-8-16(18)20(15)24/h1-11,13,17H,12H2,(H,22,23)(H,25,26)/b11-10+. The van der Waals surface area contributed by atoms with Crippen molar-refractivity contribution >= 4 is 28.9 Å². The molecule has 0 saturated heterocycles. The van der Waals surface area contributed by atoms with Crippen LogP contribution in [-0.4, -0.2) is 23.0 Å². The molecule has 3 aromatic rings. The van der Waals surface area contributed by atoms with Gasteiger partial charge in [0.05, 0.1) is 10.9 Å². The van der Waals surface area contributed by atoms with Crippen molar-refractivity contribution in [1.29, 1.82) is 0 Å². The van der Waals surface area contributed by atoms with Crippen molar-refractivity contribution < 1.29 is 19.1 Å². The van der Waals surface area contributed by atoms with Gasteiger partial charge < -0.3 is 14.8 Å². The van der Waals surface area contributed by atoms with Crippen LogP contribution in [0, 0.1) is 0 Å². The number of hydrogen-bond acceptors (Lipinski definition) is 4. The van der Waals surface area contributed by atoms with Gasteiger partial charge in [0.1, 0.15) is 17.9 Å². The number of carbonyl (C=O) groups excluding carboxylic acids is 1. The van der Waals surface area contributed by atoms with Crippen LogP contribution in [0.3, 0.4) is 0 Å². The second kappa shape index (κ2) is 8.14. The third-order valence-electron chi connectivity index (χ3n) is 4.02. The van der Waals surface area contributed by atoms with Crippen molar-refractivity contribution in [3.63, 3.8) is 0 Å². The molecule has 6 heteroatoms. The van der Waals surface area contributed by atoms with Gasteiger partial charge in [-0.25, -0.2) is 4.79 Å². The average molecular weight is 363 g/mol. The number of benzene rings is 2. The van der Waals surface area contributed by atoms with Crippen LogP contribution >= 0.6 is 0 Å². The van der Waals surface area contributed by atoms with E-state index in [4.69, 9.17) is 4.42 Å². The molecule has 0 spiro atoms. The Hall–Kier alpha value is -3.67. The molecular formula is C21H17NO5. The topological polar surface area (TPSA) is 96.6 Å². The highest BCUT2D eigenvalue weighted by Crippen LogP contribution is 2.11. The first-order chi connectivity index (χ1) is 13.0. The number of nitrogens with one attached hydrogen (secondary N) is 1. The predicted molar refractivity (Wildman–Crippen MR) is 101 cm³/mol. The lowest BCUT2D eigenvalue weighted by Gasteiger charge is -2.13. The SMILES string of the molecule is O=C(/C=C/c1coc2ccccc2c1=O)NC(Cc1ccccc1)C(=O)O. The Balaban J connectivity index is 1.73. The summed E-state index contributed by atoms with van der Waals surface area (Å²) in [6.45, 7) is 0. The number of carboxylic acids is 1. The van der Waals surface area contributed by atoms with Crippen molar-refractivity contribution in [3.05, 3.63) is 88.3 Å². The number of carboxylic acid groups (broad SMARTS) is 1. The van der Waals surface area contributed by atoms with Crippen LogP contribution in [-0.2, 0) is 16.0 Å². The first-order valence-corrected chi connectivity index (χ1v) is 8.30. The van der Waals surface area contributed by atoms with Crippen molar-refractivity contribution in [1.82, 2.24) is 5.32 Å². The zero-order chi connectivity index (χ0) is 19.2.